The molecule has 192 valence electrons. The zero-order chi connectivity index (χ0) is 26.2. The highest BCUT2D eigenvalue weighted by Gasteiger charge is 2.44. The second-order valence-corrected chi connectivity index (χ2v) is 8.47. The van der Waals surface area contributed by atoms with E-state index in [9.17, 15) is 19.8 Å². The van der Waals surface area contributed by atoms with E-state index in [2.05, 4.69) is 21.1 Å². The van der Waals surface area contributed by atoms with Crippen LogP contribution in [0.5, 0.6) is 0 Å². The number of hydrogen-bond acceptors (Lipinski definition) is 10. The summed E-state index contributed by atoms with van der Waals surface area (Å²) in [6.45, 7) is 4.71. The molecule has 0 radical (unpaired) electrons. The van der Waals surface area contributed by atoms with Crippen molar-refractivity contribution in [1.29, 1.82) is 0 Å². The van der Waals surface area contributed by atoms with E-state index in [1.165, 1.54) is 0 Å². The number of pyridine rings is 2. The largest absolute Gasteiger partial charge is 0.387 e. The normalized spacial score (nSPS) is 21.2. The number of nitrogens with zero attached hydrogens (tertiary/aromatic N) is 4. The lowest BCUT2D eigenvalue weighted by Gasteiger charge is -2.18. The molecule has 4 N–H and O–H groups in total. The zero-order valence-corrected chi connectivity index (χ0v) is 20.3. The Morgan fingerprint density at radius 3 is 2.58 bits per heavy atom. The third-order valence-electron chi connectivity index (χ3n) is 5.19. The summed E-state index contributed by atoms with van der Waals surface area (Å²) in [6.07, 6.45) is 2.42. The van der Waals surface area contributed by atoms with Gasteiger partial charge in [-0.3, -0.25) is 23.9 Å². The van der Waals surface area contributed by atoms with Crippen LogP contribution in [0.2, 0.25) is 0 Å². The summed E-state index contributed by atoms with van der Waals surface area (Å²) in [7, 11) is -2.68. The summed E-state index contributed by atoms with van der Waals surface area (Å²) in [5, 5.41) is 20.5. The van der Waals surface area contributed by atoms with Gasteiger partial charge in [0.1, 0.15) is 18.3 Å². The van der Waals surface area contributed by atoms with Crippen LogP contribution >= 0.6 is 8.60 Å². The van der Waals surface area contributed by atoms with Crippen LogP contribution in [0.15, 0.2) is 77.4 Å². The molecular weight excluding hydrogens is 491 g/mol. The molecule has 36 heavy (non-hydrogen) atoms. The second-order valence-electron chi connectivity index (χ2n) is 7.71. The SMILES string of the molecule is C=CC.O=c1ccn(C2OC(COP(O)O)C(O)C2O)c(=O)n1Cc1cc(-c2cccnc2)ccn1. The predicted octanol–water partition coefficient (Wildman–Crippen LogP) is 0.555. The van der Waals surface area contributed by atoms with Gasteiger partial charge in [-0.15, -0.1) is 6.58 Å². The van der Waals surface area contributed by atoms with Crippen LogP contribution in [0.3, 0.4) is 0 Å². The lowest BCUT2D eigenvalue weighted by Crippen LogP contribution is -2.43. The molecule has 3 aromatic heterocycles. The number of aromatic nitrogens is 4. The standard InChI is InChI=1S/C20H21N4O8P.C3H6/c25-16-4-7-23(19-18(27)17(26)15(32-19)11-31-33(29)30)20(28)24(16)10-14-8-12(3-6-22-14)13-2-1-5-21-9-13;1-3-2/h1-9,15,17-19,26-27,29-30H,10-11H2;3H,1H2,2H3. The van der Waals surface area contributed by atoms with Gasteiger partial charge in [-0.1, -0.05) is 12.1 Å². The van der Waals surface area contributed by atoms with Gasteiger partial charge in [-0.05, 0) is 30.7 Å². The molecule has 0 bridgehead atoms. The summed E-state index contributed by atoms with van der Waals surface area (Å²) in [4.78, 5) is 51.6. The Hall–Kier alpha value is -3.09. The van der Waals surface area contributed by atoms with Gasteiger partial charge in [0.15, 0.2) is 6.23 Å². The third kappa shape index (κ3) is 6.56. The first kappa shape index (κ1) is 27.5. The minimum absolute atomic E-state index is 0.135. The Morgan fingerprint density at radius 2 is 1.92 bits per heavy atom. The van der Waals surface area contributed by atoms with Crippen molar-refractivity contribution >= 4 is 8.60 Å². The Morgan fingerprint density at radius 1 is 1.17 bits per heavy atom. The van der Waals surface area contributed by atoms with Gasteiger partial charge in [-0.25, -0.2) is 4.79 Å². The fourth-order valence-electron chi connectivity index (χ4n) is 3.55. The van der Waals surface area contributed by atoms with Crippen LogP contribution in [0, 0.1) is 0 Å². The van der Waals surface area contributed by atoms with Crippen LogP contribution in [0.1, 0.15) is 18.8 Å². The minimum Gasteiger partial charge on any atom is -0.387 e. The van der Waals surface area contributed by atoms with Crippen molar-refractivity contribution in [3.8, 4) is 11.1 Å². The van der Waals surface area contributed by atoms with E-state index in [0.717, 1.165) is 32.5 Å². The molecule has 4 heterocycles. The zero-order valence-electron chi connectivity index (χ0n) is 19.4. The van der Waals surface area contributed by atoms with Crippen molar-refractivity contribution in [2.24, 2.45) is 0 Å². The molecule has 0 saturated carbocycles. The molecule has 0 amide bonds. The van der Waals surface area contributed by atoms with Crippen LogP contribution in [-0.4, -0.2) is 64.0 Å². The lowest BCUT2D eigenvalue weighted by atomic mass is 10.1. The summed E-state index contributed by atoms with van der Waals surface area (Å²) in [6, 6.07) is 8.32. The molecule has 1 fully saturated rings. The van der Waals surface area contributed by atoms with E-state index < -0.39 is 51.0 Å². The Bertz CT molecular complexity index is 1270. The first-order valence-corrected chi connectivity index (χ1v) is 12.0. The van der Waals surface area contributed by atoms with Gasteiger partial charge in [0.05, 0.1) is 18.8 Å². The van der Waals surface area contributed by atoms with E-state index in [4.69, 9.17) is 14.5 Å². The Labute approximate surface area is 207 Å². The van der Waals surface area contributed by atoms with Crippen molar-refractivity contribution in [1.82, 2.24) is 19.1 Å². The van der Waals surface area contributed by atoms with Crippen molar-refractivity contribution < 1.29 is 29.3 Å². The minimum atomic E-state index is -2.68. The fraction of sp³-hybridized carbons (Fsp3) is 0.304. The van der Waals surface area contributed by atoms with E-state index in [1.807, 2.05) is 13.0 Å². The second kappa shape index (κ2) is 12.7. The lowest BCUT2D eigenvalue weighted by molar-refractivity contribution is -0.0531. The molecule has 1 aliphatic rings. The topological polar surface area (TPSA) is 169 Å². The first-order chi connectivity index (χ1) is 17.3. The van der Waals surface area contributed by atoms with Crippen molar-refractivity contribution in [3.05, 3.63) is 94.3 Å². The Balaban J connectivity index is 0.00000115. The van der Waals surface area contributed by atoms with Gasteiger partial charge in [0.25, 0.3) is 5.56 Å². The van der Waals surface area contributed by atoms with E-state index in [0.29, 0.717) is 5.69 Å². The molecule has 0 spiro atoms. The molecule has 4 atom stereocenters. The molecule has 3 aromatic rings. The quantitative estimate of drug-likeness (QED) is 0.256. The molecule has 0 aromatic carbocycles. The van der Waals surface area contributed by atoms with Crippen molar-refractivity contribution in [2.45, 2.75) is 38.0 Å². The van der Waals surface area contributed by atoms with Crippen LogP contribution in [0.4, 0.5) is 0 Å². The highest BCUT2D eigenvalue weighted by atomic mass is 31.2. The maximum absolute atomic E-state index is 13.1. The summed E-state index contributed by atoms with van der Waals surface area (Å²) in [5.41, 5.74) is 0.750. The van der Waals surface area contributed by atoms with Gasteiger partial charge in [0.2, 0.25) is 0 Å². The summed E-state index contributed by atoms with van der Waals surface area (Å²) >= 11 is 0. The van der Waals surface area contributed by atoms with Crippen LogP contribution in [-0.2, 0) is 15.8 Å². The summed E-state index contributed by atoms with van der Waals surface area (Å²) < 4.78 is 12.1. The number of allylic oxidation sites excluding steroid dienone is 1. The molecule has 1 saturated heterocycles. The molecule has 12 nitrogen and oxygen atoms in total. The third-order valence-corrected chi connectivity index (χ3v) is 5.57. The van der Waals surface area contributed by atoms with Crippen LogP contribution < -0.4 is 11.2 Å². The van der Waals surface area contributed by atoms with Crippen molar-refractivity contribution in [2.75, 3.05) is 6.61 Å². The van der Waals surface area contributed by atoms with Gasteiger partial charge in [-0.2, -0.15) is 0 Å². The Kier molecular flexibility index (Phi) is 9.73. The maximum atomic E-state index is 13.1. The highest BCUT2D eigenvalue weighted by molar-refractivity contribution is 7.39. The molecule has 0 aliphatic carbocycles. The monoisotopic (exact) mass is 518 g/mol. The highest BCUT2D eigenvalue weighted by Crippen LogP contribution is 2.32. The molecule has 4 unspecified atom stereocenters. The number of aliphatic hydroxyl groups is 2. The molecule has 1 aliphatic heterocycles. The van der Waals surface area contributed by atoms with E-state index in [-0.39, 0.29) is 6.54 Å². The van der Waals surface area contributed by atoms with Crippen molar-refractivity contribution in [3.63, 3.8) is 0 Å². The van der Waals surface area contributed by atoms with Crippen LogP contribution in [0.25, 0.3) is 11.1 Å². The fourth-order valence-corrected chi connectivity index (χ4v) is 3.83. The first-order valence-electron chi connectivity index (χ1n) is 10.8. The van der Waals surface area contributed by atoms with Gasteiger partial charge in [0, 0.05) is 36.4 Å². The van der Waals surface area contributed by atoms with E-state index in [1.54, 1.807) is 42.9 Å². The smallest absolute Gasteiger partial charge is 0.333 e. The van der Waals surface area contributed by atoms with Gasteiger partial charge < -0.3 is 29.3 Å². The molecule has 4 rings (SSSR count). The molecule has 13 heteroatoms. The van der Waals surface area contributed by atoms with Gasteiger partial charge >= 0.3 is 14.3 Å². The summed E-state index contributed by atoms with van der Waals surface area (Å²) in [5.74, 6) is 0. The number of aliphatic hydroxyl groups excluding tert-OH is 2. The number of rotatable bonds is 7. The predicted molar refractivity (Wildman–Crippen MR) is 131 cm³/mol. The van der Waals surface area contributed by atoms with E-state index >= 15 is 0 Å². The maximum Gasteiger partial charge on any atom is 0.333 e. The molecular formula is C23H27N4O8P. The number of ether oxygens (including phenoxy) is 1. The number of hydrogen-bond donors (Lipinski definition) is 4. The average Bonchev–Trinajstić information content (AvgIpc) is 3.15. The average molecular weight is 518 g/mol.